The molecule has 2 rings (SSSR count). The van der Waals surface area contributed by atoms with E-state index in [9.17, 15) is 14.9 Å². The Labute approximate surface area is 131 Å². The Morgan fingerprint density at radius 3 is 2.18 bits per heavy atom. The van der Waals surface area contributed by atoms with Crippen LogP contribution < -0.4 is 5.43 Å². The Balaban J connectivity index is 2.06. The van der Waals surface area contributed by atoms with Gasteiger partial charge < -0.3 is 0 Å². The molecular formula is C15H12ClN3O3. The van der Waals surface area contributed by atoms with Gasteiger partial charge >= 0.3 is 0 Å². The molecule has 1 amide bonds. The first-order valence-corrected chi connectivity index (χ1v) is 6.70. The average molecular weight is 318 g/mol. The summed E-state index contributed by atoms with van der Waals surface area (Å²) >= 11 is 5.80. The molecule has 0 aromatic heterocycles. The van der Waals surface area contributed by atoms with Crippen LogP contribution in [0.4, 0.5) is 5.69 Å². The molecule has 6 nitrogen and oxygen atoms in total. The zero-order chi connectivity index (χ0) is 16.1. The number of halogens is 1. The number of nitro groups is 1. The topological polar surface area (TPSA) is 84.6 Å². The highest BCUT2D eigenvalue weighted by Crippen LogP contribution is 2.12. The molecule has 0 spiro atoms. The number of hydrogen-bond donors (Lipinski definition) is 1. The number of rotatable bonds is 4. The number of hydrogen-bond acceptors (Lipinski definition) is 4. The van der Waals surface area contributed by atoms with Crippen molar-refractivity contribution in [3.05, 3.63) is 74.8 Å². The number of nitrogens with zero attached hydrogens (tertiary/aromatic N) is 2. The number of carbonyl (C=O) groups excluding carboxylic acids is 1. The van der Waals surface area contributed by atoms with Gasteiger partial charge in [0.25, 0.3) is 11.6 Å². The maximum absolute atomic E-state index is 11.9. The van der Waals surface area contributed by atoms with E-state index in [1.165, 1.54) is 24.3 Å². The van der Waals surface area contributed by atoms with Crippen LogP contribution >= 0.6 is 11.6 Å². The summed E-state index contributed by atoms with van der Waals surface area (Å²) in [5.41, 5.74) is 4.07. The van der Waals surface area contributed by atoms with Crippen LogP contribution in [0.3, 0.4) is 0 Å². The summed E-state index contributed by atoms with van der Waals surface area (Å²) in [6, 6.07) is 12.3. The standard InChI is InChI=1S/C15H12ClN3O3/c1-10(11-2-6-13(16)7-3-11)17-18-15(20)12-4-8-14(9-5-12)19(21)22/h2-9H,1H3,(H,18,20)/b17-10-. The summed E-state index contributed by atoms with van der Waals surface area (Å²) in [5.74, 6) is -0.441. The van der Waals surface area contributed by atoms with Crippen molar-refractivity contribution >= 4 is 28.9 Å². The molecule has 0 radical (unpaired) electrons. The third kappa shape index (κ3) is 3.89. The van der Waals surface area contributed by atoms with Crippen molar-refractivity contribution in [2.45, 2.75) is 6.92 Å². The van der Waals surface area contributed by atoms with Gasteiger partial charge in [-0.2, -0.15) is 5.10 Å². The van der Waals surface area contributed by atoms with E-state index in [1.807, 2.05) is 0 Å². The quantitative estimate of drug-likeness (QED) is 0.533. The molecule has 0 aliphatic heterocycles. The van der Waals surface area contributed by atoms with Gasteiger partial charge in [0.15, 0.2) is 0 Å². The van der Waals surface area contributed by atoms with Gasteiger partial charge in [0.05, 0.1) is 10.6 Å². The van der Waals surface area contributed by atoms with E-state index in [0.29, 0.717) is 16.3 Å². The van der Waals surface area contributed by atoms with Crippen molar-refractivity contribution in [3.8, 4) is 0 Å². The van der Waals surface area contributed by atoms with Gasteiger partial charge in [0.2, 0.25) is 0 Å². The molecule has 2 aromatic rings. The molecule has 2 aromatic carbocycles. The number of amides is 1. The fraction of sp³-hybridized carbons (Fsp3) is 0.0667. The second-order valence-corrected chi connectivity index (χ2v) is 4.89. The predicted molar refractivity (Wildman–Crippen MR) is 84.2 cm³/mol. The Hall–Kier alpha value is -2.73. The molecule has 112 valence electrons. The Morgan fingerprint density at radius 1 is 1.09 bits per heavy atom. The fourth-order valence-electron chi connectivity index (χ4n) is 1.69. The van der Waals surface area contributed by atoms with Gasteiger partial charge in [-0.05, 0) is 36.8 Å². The molecule has 0 atom stereocenters. The summed E-state index contributed by atoms with van der Waals surface area (Å²) in [4.78, 5) is 21.9. The minimum absolute atomic E-state index is 0.0719. The molecule has 0 saturated heterocycles. The lowest BCUT2D eigenvalue weighted by atomic mass is 10.1. The minimum Gasteiger partial charge on any atom is -0.267 e. The van der Waals surface area contributed by atoms with Crippen LogP contribution in [0, 0.1) is 10.1 Å². The van der Waals surface area contributed by atoms with Gasteiger partial charge in [-0.3, -0.25) is 14.9 Å². The van der Waals surface area contributed by atoms with Crippen molar-refractivity contribution in [3.63, 3.8) is 0 Å². The average Bonchev–Trinajstić information content (AvgIpc) is 2.53. The van der Waals surface area contributed by atoms with Crippen LogP contribution in [0.5, 0.6) is 0 Å². The van der Waals surface area contributed by atoms with Gasteiger partial charge in [-0.25, -0.2) is 5.43 Å². The van der Waals surface area contributed by atoms with E-state index in [1.54, 1.807) is 31.2 Å². The summed E-state index contributed by atoms with van der Waals surface area (Å²) in [6.45, 7) is 1.75. The number of nitrogens with one attached hydrogen (secondary N) is 1. The van der Waals surface area contributed by atoms with Crippen LogP contribution in [-0.4, -0.2) is 16.5 Å². The van der Waals surface area contributed by atoms with Crippen molar-refractivity contribution in [1.29, 1.82) is 0 Å². The second-order valence-electron chi connectivity index (χ2n) is 4.45. The summed E-state index contributed by atoms with van der Waals surface area (Å²) in [7, 11) is 0. The highest BCUT2D eigenvalue weighted by Gasteiger charge is 2.09. The minimum atomic E-state index is -0.523. The first-order chi connectivity index (χ1) is 10.5. The van der Waals surface area contributed by atoms with Gasteiger partial charge in [-0.15, -0.1) is 0 Å². The Kier molecular flexibility index (Phi) is 4.85. The summed E-state index contributed by atoms with van der Waals surface area (Å²) in [6.07, 6.45) is 0. The largest absolute Gasteiger partial charge is 0.271 e. The lowest BCUT2D eigenvalue weighted by Gasteiger charge is -2.03. The fourth-order valence-corrected chi connectivity index (χ4v) is 1.82. The first-order valence-electron chi connectivity index (χ1n) is 6.32. The van der Waals surface area contributed by atoms with Crippen molar-refractivity contribution in [2.24, 2.45) is 5.10 Å². The smallest absolute Gasteiger partial charge is 0.267 e. The van der Waals surface area contributed by atoms with Crippen LogP contribution in [0.25, 0.3) is 0 Å². The lowest BCUT2D eigenvalue weighted by Crippen LogP contribution is -2.19. The number of non-ortho nitro benzene ring substituents is 1. The van der Waals surface area contributed by atoms with E-state index in [-0.39, 0.29) is 5.69 Å². The first kappa shape index (κ1) is 15.7. The second kappa shape index (κ2) is 6.82. The van der Waals surface area contributed by atoms with E-state index in [2.05, 4.69) is 10.5 Å². The molecular weight excluding hydrogens is 306 g/mol. The van der Waals surface area contributed by atoms with Crippen LogP contribution in [0.2, 0.25) is 5.02 Å². The molecule has 0 bridgehead atoms. The zero-order valence-electron chi connectivity index (χ0n) is 11.6. The molecule has 22 heavy (non-hydrogen) atoms. The van der Waals surface area contributed by atoms with Crippen LogP contribution in [0.15, 0.2) is 53.6 Å². The lowest BCUT2D eigenvalue weighted by molar-refractivity contribution is -0.384. The third-order valence-electron chi connectivity index (χ3n) is 2.93. The Bertz CT molecular complexity index is 725. The SMILES string of the molecule is C/C(=N/NC(=O)c1ccc([N+](=O)[O-])cc1)c1ccc(Cl)cc1. The third-order valence-corrected chi connectivity index (χ3v) is 3.18. The summed E-state index contributed by atoms with van der Waals surface area (Å²) < 4.78 is 0. The highest BCUT2D eigenvalue weighted by atomic mass is 35.5. The number of nitro benzene ring substituents is 1. The molecule has 0 saturated carbocycles. The van der Waals surface area contributed by atoms with Gasteiger partial charge in [-0.1, -0.05) is 23.7 Å². The summed E-state index contributed by atoms with van der Waals surface area (Å²) in [5, 5.41) is 15.2. The molecule has 7 heteroatoms. The molecule has 0 fully saturated rings. The van der Waals surface area contributed by atoms with Crippen LogP contribution in [-0.2, 0) is 0 Å². The van der Waals surface area contributed by atoms with E-state index in [0.717, 1.165) is 5.56 Å². The van der Waals surface area contributed by atoms with E-state index >= 15 is 0 Å². The normalized spacial score (nSPS) is 11.1. The van der Waals surface area contributed by atoms with Crippen molar-refractivity contribution < 1.29 is 9.72 Å². The van der Waals surface area contributed by atoms with E-state index < -0.39 is 10.8 Å². The molecule has 0 unspecified atom stereocenters. The highest BCUT2D eigenvalue weighted by molar-refractivity contribution is 6.30. The maximum Gasteiger partial charge on any atom is 0.271 e. The maximum atomic E-state index is 11.9. The zero-order valence-corrected chi connectivity index (χ0v) is 12.4. The molecule has 1 N–H and O–H groups in total. The monoisotopic (exact) mass is 317 g/mol. The van der Waals surface area contributed by atoms with Gasteiger partial charge in [0.1, 0.15) is 0 Å². The van der Waals surface area contributed by atoms with E-state index in [4.69, 9.17) is 11.6 Å². The Morgan fingerprint density at radius 2 is 1.64 bits per heavy atom. The predicted octanol–water partition coefficient (Wildman–Crippen LogP) is 3.40. The number of benzene rings is 2. The van der Waals surface area contributed by atoms with Crippen molar-refractivity contribution in [2.75, 3.05) is 0 Å². The number of carbonyl (C=O) groups is 1. The molecule has 0 heterocycles. The van der Waals surface area contributed by atoms with Gasteiger partial charge in [0, 0.05) is 22.7 Å². The van der Waals surface area contributed by atoms with Crippen molar-refractivity contribution in [1.82, 2.24) is 5.43 Å². The molecule has 0 aliphatic carbocycles. The van der Waals surface area contributed by atoms with Crippen LogP contribution in [0.1, 0.15) is 22.8 Å². The number of hydrazone groups is 1. The molecule has 0 aliphatic rings.